The normalized spacial score (nSPS) is 16.9. The molecule has 0 saturated carbocycles. The smallest absolute Gasteiger partial charge is 0.0132 e. The van der Waals surface area contributed by atoms with E-state index >= 15 is 0 Å². The van der Waals surface area contributed by atoms with Gasteiger partial charge in [0.25, 0.3) is 0 Å². The van der Waals surface area contributed by atoms with Gasteiger partial charge in [-0.2, -0.15) is 11.8 Å². The second-order valence-corrected chi connectivity index (χ2v) is 4.47. The van der Waals surface area contributed by atoms with Crippen molar-refractivity contribution in [1.82, 2.24) is 5.32 Å². The molecule has 0 aromatic heterocycles. The molecule has 0 radical (unpaired) electrons. The van der Waals surface area contributed by atoms with Gasteiger partial charge < -0.3 is 5.32 Å². The van der Waals surface area contributed by atoms with Gasteiger partial charge in [-0.3, -0.25) is 0 Å². The molecule has 0 bridgehead atoms. The zero-order chi connectivity index (χ0) is 8.85. The van der Waals surface area contributed by atoms with Crippen LogP contribution in [0, 0.1) is 5.92 Å². The maximum absolute atomic E-state index is 3.56. The van der Waals surface area contributed by atoms with Crippen molar-refractivity contribution in [2.75, 3.05) is 12.0 Å². The van der Waals surface area contributed by atoms with Gasteiger partial charge in [0, 0.05) is 17.8 Å². The molecule has 1 nitrogen and oxygen atoms in total. The number of nitrogens with one attached hydrogen (secondary N) is 1. The van der Waals surface area contributed by atoms with Gasteiger partial charge in [0.2, 0.25) is 0 Å². The Kier molecular flexibility index (Phi) is 6.06. The lowest BCUT2D eigenvalue weighted by Crippen LogP contribution is -2.39. The third-order valence-electron chi connectivity index (χ3n) is 1.96. The minimum Gasteiger partial charge on any atom is -0.311 e. The molecule has 0 heterocycles. The second-order valence-electron chi connectivity index (χ2n) is 3.56. The Morgan fingerprint density at radius 3 is 2.09 bits per heavy atom. The Labute approximate surface area is 75.3 Å². The maximum Gasteiger partial charge on any atom is 0.0132 e. The molecule has 0 amide bonds. The highest BCUT2D eigenvalue weighted by atomic mass is 32.2. The lowest BCUT2D eigenvalue weighted by Gasteiger charge is -2.22. The molecule has 1 N–H and O–H groups in total. The van der Waals surface area contributed by atoms with Crippen molar-refractivity contribution in [3.8, 4) is 0 Å². The Hall–Kier alpha value is 0.310. The molecule has 0 aromatic rings. The van der Waals surface area contributed by atoms with Gasteiger partial charge in [-0.05, 0) is 26.0 Å². The first-order valence-electron chi connectivity index (χ1n) is 4.33. The topological polar surface area (TPSA) is 12.0 Å². The fraction of sp³-hybridized carbons (Fsp3) is 1.00. The summed E-state index contributed by atoms with van der Waals surface area (Å²) in [7, 11) is 0. The lowest BCUT2D eigenvalue weighted by molar-refractivity contribution is 0.398. The Morgan fingerprint density at radius 2 is 1.73 bits per heavy atom. The molecule has 0 aromatic carbocycles. The van der Waals surface area contributed by atoms with E-state index in [2.05, 4.69) is 39.3 Å². The van der Waals surface area contributed by atoms with E-state index in [9.17, 15) is 0 Å². The van der Waals surface area contributed by atoms with Crippen LogP contribution < -0.4 is 5.32 Å². The van der Waals surface area contributed by atoms with Crippen molar-refractivity contribution in [3.63, 3.8) is 0 Å². The molecule has 0 spiro atoms. The van der Waals surface area contributed by atoms with Gasteiger partial charge in [-0.15, -0.1) is 0 Å². The number of hydrogen-bond acceptors (Lipinski definition) is 2. The van der Waals surface area contributed by atoms with Crippen molar-refractivity contribution in [2.24, 2.45) is 5.92 Å². The van der Waals surface area contributed by atoms with Gasteiger partial charge >= 0.3 is 0 Å². The molecule has 68 valence electrons. The summed E-state index contributed by atoms with van der Waals surface area (Å²) >= 11 is 1.90. The summed E-state index contributed by atoms with van der Waals surface area (Å²) in [5.41, 5.74) is 0. The number of thioether (sulfide) groups is 1. The van der Waals surface area contributed by atoms with E-state index < -0.39 is 0 Å². The van der Waals surface area contributed by atoms with Crippen molar-refractivity contribution < 1.29 is 0 Å². The highest BCUT2D eigenvalue weighted by Gasteiger charge is 2.09. The largest absolute Gasteiger partial charge is 0.311 e. The summed E-state index contributed by atoms with van der Waals surface area (Å²) in [4.78, 5) is 0. The maximum atomic E-state index is 3.56. The highest BCUT2D eigenvalue weighted by molar-refractivity contribution is 7.98. The average Bonchev–Trinajstić information content (AvgIpc) is 1.87. The van der Waals surface area contributed by atoms with E-state index in [4.69, 9.17) is 0 Å². The SMILES string of the molecule is CSCC(C)NC(C)C(C)C. The van der Waals surface area contributed by atoms with Crippen LogP contribution in [0.3, 0.4) is 0 Å². The fourth-order valence-corrected chi connectivity index (χ4v) is 1.54. The molecular formula is C9H21NS. The first-order chi connectivity index (χ1) is 5.07. The summed E-state index contributed by atoms with van der Waals surface area (Å²) in [6, 6.07) is 1.28. The molecule has 2 heteroatoms. The number of rotatable bonds is 5. The molecule has 0 rings (SSSR count). The predicted molar refractivity (Wildman–Crippen MR) is 55.3 cm³/mol. The van der Waals surface area contributed by atoms with Crippen molar-refractivity contribution in [3.05, 3.63) is 0 Å². The molecule has 0 aliphatic rings. The van der Waals surface area contributed by atoms with Gasteiger partial charge in [0.15, 0.2) is 0 Å². The van der Waals surface area contributed by atoms with Crippen molar-refractivity contribution in [2.45, 2.75) is 39.8 Å². The second kappa shape index (κ2) is 5.90. The van der Waals surface area contributed by atoms with E-state index in [1.165, 1.54) is 5.75 Å². The van der Waals surface area contributed by atoms with Crippen LogP contribution in [0.15, 0.2) is 0 Å². The minimum atomic E-state index is 0.636. The predicted octanol–water partition coefficient (Wildman–Crippen LogP) is 2.37. The average molecular weight is 175 g/mol. The van der Waals surface area contributed by atoms with Crippen LogP contribution in [0.2, 0.25) is 0 Å². The van der Waals surface area contributed by atoms with E-state index in [0.717, 1.165) is 5.92 Å². The molecule has 11 heavy (non-hydrogen) atoms. The van der Waals surface area contributed by atoms with Crippen LogP contribution in [0.4, 0.5) is 0 Å². The van der Waals surface area contributed by atoms with Crippen molar-refractivity contribution in [1.29, 1.82) is 0 Å². The number of hydrogen-bond donors (Lipinski definition) is 1. The van der Waals surface area contributed by atoms with Gasteiger partial charge in [-0.1, -0.05) is 13.8 Å². The first-order valence-corrected chi connectivity index (χ1v) is 5.72. The van der Waals surface area contributed by atoms with Crippen LogP contribution in [0.25, 0.3) is 0 Å². The fourth-order valence-electron chi connectivity index (χ4n) is 0.939. The molecule has 0 fully saturated rings. The summed E-state index contributed by atoms with van der Waals surface area (Å²) < 4.78 is 0. The zero-order valence-corrected chi connectivity index (χ0v) is 9.16. The third kappa shape index (κ3) is 5.57. The molecular weight excluding hydrogens is 154 g/mol. The summed E-state index contributed by atoms with van der Waals surface area (Å²) in [6.45, 7) is 9.00. The van der Waals surface area contributed by atoms with E-state index in [-0.39, 0.29) is 0 Å². The van der Waals surface area contributed by atoms with Crippen LogP contribution in [0.5, 0.6) is 0 Å². The molecule has 0 aliphatic carbocycles. The van der Waals surface area contributed by atoms with Crippen molar-refractivity contribution >= 4 is 11.8 Å². The molecule has 0 aliphatic heterocycles. The van der Waals surface area contributed by atoms with Gasteiger partial charge in [0.1, 0.15) is 0 Å². The van der Waals surface area contributed by atoms with Crippen LogP contribution in [0.1, 0.15) is 27.7 Å². The monoisotopic (exact) mass is 175 g/mol. The van der Waals surface area contributed by atoms with Gasteiger partial charge in [0.05, 0.1) is 0 Å². The van der Waals surface area contributed by atoms with E-state index in [1.807, 2.05) is 11.8 Å². The highest BCUT2D eigenvalue weighted by Crippen LogP contribution is 2.03. The standard InChI is InChI=1S/C9H21NS/c1-7(2)9(4)10-8(3)6-11-5/h7-10H,6H2,1-5H3. The first kappa shape index (κ1) is 11.3. The Bertz CT molecular complexity index is 93.6. The van der Waals surface area contributed by atoms with E-state index in [0.29, 0.717) is 12.1 Å². The Morgan fingerprint density at radius 1 is 1.18 bits per heavy atom. The summed E-state index contributed by atoms with van der Waals surface area (Å²) in [5, 5.41) is 3.56. The van der Waals surface area contributed by atoms with Gasteiger partial charge in [-0.25, -0.2) is 0 Å². The summed E-state index contributed by atoms with van der Waals surface area (Å²) in [6.07, 6.45) is 2.15. The zero-order valence-electron chi connectivity index (χ0n) is 8.35. The Balaban J connectivity index is 3.48. The van der Waals surface area contributed by atoms with Crippen LogP contribution >= 0.6 is 11.8 Å². The third-order valence-corrected chi connectivity index (χ3v) is 2.80. The van der Waals surface area contributed by atoms with Crippen LogP contribution in [-0.2, 0) is 0 Å². The minimum absolute atomic E-state index is 0.636. The van der Waals surface area contributed by atoms with E-state index in [1.54, 1.807) is 0 Å². The summed E-state index contributed by atoms with van der Waals surface area (Å²) in [5.74, 6) is 1.94. The molecule has 2 atom stereocenters. The quantitative estimate of drug-likeness (QED) is 0.688. The van der Waals surface area contributed by atoms with Crippen LogP contribution in [-0.4, -0.2) is 24.1 Å². The lowest BCUT2D eigenvalue weighted by atomic mass is 10.1. The molecule has 2 unspecified atom stereocenters. The molecule has 0 saturated heterocycles.